The summed E-state index contributed by atoms with van der Waals surface area (Å²) in [5.41, 5.74) is 3.04. The summed E-state index contributed by atoms with van der Waals surface area (Å²) in [5, 5.41) is 9.12. The van der Waals surface area contributed by atoms with Crippen molar-refractivity contribution in [3.8, 4) is 6.07 Å². The first-order chi connectivity index (χ1) is 15.7. The molecule has 0 saturated heterocycles. The molecule has 3 aliphatic rings. The molecule has 0 heterocycles. The van der Waals surface area contributed by atoms with Gasteiger partial charge < -0.3 is 0 Å². The molecule has 0 N–H and O–H groups in total. The van der Waals surface area contributed by atoms with E-state index in [0.717, 1.165) is 36.5 Å². The summed E-state index contributed by atoms with van der Waals surface area (Å²) in [6, 6.07) is 12.0. The molecule has 32 heavy (non-hydrogen) atoms. The Bertz CT molecular complexity index is 689. The van der Waals surface area contributed by atoms with Gasteiger partial charge in [0.15, 0.2) is 0 Å². The van der Waals surface area contributed by atoms with Crippen LogP contribution in [0.5, 0.6) is 0 Å². The van der Waals surface area contributed by atoms with E-state index in [9.17, 15) is 0 Å². The van der Waals surface area contributed by atoms with Gasteiger partial charge >= 0.3 is 0 Å². The van der Waals surface area contributed by atoms with Crippen molar-refractivity contribution in [2.45, 2.75) is 122 Å². The number of nitrogens with zero attached hydrogens (tertiary/aromatic N) is 1. The molecule has 3 saturated carbocycles. The highest BCUT2D eigenvalue weighted by Gasteiger charge is 2.30. The summed E-state index contributed by atoms with van der Waals surface area (Å²) >= 11 is 0. The number of nitriles is 1. The lowest BCUT2D eigenvalue weighted by Gasteiger charge is -2.38. The smallest absolute Gasteiger partial charge is 0.0655 e. The van der Waals surface area contributed by atoms with Crippen LogP contribution in [0.3, 0.4) is 0 Å². The fourth-order valence-electron chi connectivity index (χ4n) is 7.27. The second kappa shape index (κ2) is 12.3. The first-order valence-corrected chi connectivity index (χ1v) is 14.2. The summed E-state index contributed by atoms with van der Waals surface area (Å²) < 4.78 is 0. The number of aryl methyl sites for hydroxylation is 1. The minimum absolute atomic E-state index is 0.307. The molecule has 1 heteroatoms. The van der Waals surface area contributed by atoms with Gasteiger partial charge in [-0.3, -0.25) is 0 Å². The molecule has 1 aromatic carbocycles. The van der Waals surface area contributed by atoms with Gasteiger partial charge in [0, 0.05) is 5.92 Å². The molecule has 0 amide bonds. The number of hydrogen-bond donors (Lipinski definition) is 0. The van der Waals surface area contributed by atoms with Gasteiger partial charge in [-0.1, -0.05) is 76.1 Å². The molecule has 3 fully saturated rings. The highest BCUT2D eigenvalue weighted by molar-refractivity contribution is 5.26. The van der Waals surface area contributed by atoms with Crippen LogP contribution in [0.1, 0.15) is 127 Å². The maximum Gasteiger partial charge on any atom is 0.0655 e. The van der Waals surface area contributed by atoms with Gasteiger partial charge in [-0.15, -0.1) is 0 Å². The van der Waals surface area contributed by atoms with Gasteiger partial charge in [-0.25, -0.2) is 0 Å². The van der Waals surface area contributed by atoms with E-state index >= 15 is 0 Å². The van der Waals surface area contributed by atoms with Crippen molar-refractivity contribution in [1.29, 1.82) is 5.26 Å². The average Bonchev–Trinajstić information content (AvgIpc) is 2.87. The van der Waals surface area contributed by atoms with Crippen LogP contribution in [0, 0.1) is 40.9 Å². The van der Waals surface area contributed by atoms with E-state index < -0.39 is 0 Å². The van der Waals surface area contributed by atoms with Crippen molar-refractivity contribution in [2.75, 3.05) is 0 Å². The van der Waals surface area contributed by atoms with E-state index in [2.05, 4.69) is 37.3 Å². The van der Waals surface area contributed by atoms with Crippen molar-refractivity contribution >= 4 is 0 Å². The molecule has 0 atom stereocenters. The van der Waals surface area contributed by atoms with Crippen molar-refractivity contribution in [3.63, 3.8) is 0 Å². The third-order valence-electron chi connectivity index (χ3n) is 9.62. The Morgan fingerprint density at radius 3 is 1.81 bits per heavy atom. The molecule has 0 spiro atoms. The molecular weight excluding hydrogens is 386 g/mol. The van der Waals surface area contributed by atoms with Crippen LogP contribution < -0.4 is 0 Å². The molecular formula is C31H47N. The highest BCUT2D eigenvalue weighted by atomic mass is 14.4. The van der Waals surface area contributed by atoms with E-state index in [-0.39, 0.29) is 0 Å². The zero-order valence-corrected chi connectivity index (χ0v) is 20.7. The molecule has 4 rings (SSSR count). The summed E-state index contributed by atoms with van der Waals surface area (Å²) in [6.07, 6.45) is 23.7. The first kappa shape index (κ1) is 23.9. The zero-order chi connectivity index (χ0) is 22.2. The summed E-state index contributed by atoms with van der Waals surface area (Å²) in [7, 11) is 0. The second-order valence-corrected chi connectivity index (χ2v) is 11.7. The minimum atomic E-state index is 0.307. The minimum Gasteiger partial charge on any atom is -0.198 e. The standard InChI is InChI=1S/C31H47N/c1-2-3-4-24-7-15-28(16-8-24)29-17-9-25(10-18-29)5-6-26-11-19-30(20-12-26)31-21-13-27(23-32)14-22-31/h11-12,19-20,24-25,27-29,31H,2-10,13-18,21-22H2,1H3. The monoisotopic (exact) mass is 433 g/mol. The zero-order valence-electron chi connectivity index (χ0n) is 20.7. The van der Waals surface area contributed by atoms with Gasteiger partial charge in [-0.2, -0.15) is 5.26 Å². The Labute approximate surface area is 198 Å². The molecule has 1 nitrogen and oxygen atoms in total. The molecule has 0 radical (unpaired) electrons. The van der Waals surface area contributed by atoms with Crippen molar-refractivity contribution < 1.29 is 0 Å². The topological polar surface area (TPSA) is 23.8 Å². The van der Waals surface area contributed by atoms with Crippen molar-refractivity contribution in [1.82, 2.24) is 0 Å². The van der Waals surface area contributed by atoms with E-state index in [1.165, 1.54) is 107 Å². The molecule has 0 aromatic heterocycles. The molecule has 0 unspecified atom stereocenters. The lowest BCUT2D eigenvalue weighted by Crippen LogP contribution is -2.26. The van der Waals surface area contributed by atoms with Crippen LogP contribution in [0.2, 0.25) is 0 Å². The summed E-state index contributed by atoms with van der Waals surface area (Å²) in [6.45, 7) is 2.34. The Morgan fingerprint density at radius 1 is 0.719 bits per heavy atom. The van der Waals surface area contributed by atoms with Crippen molar-refractivity contribution in [3.05, 3.63) is 35.4 Å². The van der Waals surface area contributed by atoms with Crippen LogP contribution >= 0.6 is 0 Å². The van der Waals surface area contributed by atoms with Gasteiger partial charge in [-0.05, 0) is 105 Å². The predicted molar refractivity (Wildman–Crippen MR) is 135 cm³/mol. The van der Waals surface area contributed by atoms with Gasteiger partial charge in [0.05, 0.1) is 6.07 Å². The Hall–Kier alpha value is -1.29. The van der Waals surface area contributed by atoms with Crippen LogP contribution in [-0.2, 0) is 6.42 Å². The van der Waals surface area contributed by atoms with Gasteiger partial charge in [0.2, 0.25) is 0 Å². The third kappa shape index (κ3) is 6.62. The van der Waals surface area contributed by atoms with Crippen LogP contribution in [0.25, 0.3) is 0 Å². The third-order valence-corrected chi connectivity index (χ3v) is 9.62. The van der Waals surface area contributed by atoms with E-state index in [0.29, 0.717) is 11.8 Å². The lowest BCUT2D eigenvalue weighted by atomic mass is 9.68. The molecule has 176 valence electrons. The predicted octanol–water partition coefficient (Wildman–Crippen LogP) is 9.22. The molecule has 0 aliphatic heterocycles. The number of unbranched alkanes of at least 4 members (excludes halogenated alkanes) is 1. The van der Waals surface area contributed by atoms with Gasteiger partial charge in [0.25, 0.3) is 0 Å². The quantitative estimate of drug-likeness (QED) is 0.401. The maximum atomic E-state index is 9.12. The maximum absolute atomic E-state index is 9.12. The van der Waals surface area contributed by atoms with E-state index in [1.807, 2.05) is 0 Å². The largest absolute Gasteiger partial charge is 0.198 e. The SMILES string of the molecule is CCCCC1CCC(C2CCC(CCc3ccc(C4CCC(C#N)CC4)cc3)CC2)CC1. The normalized spacial score (nSPS) is 33.5. The summed E-state index contributed by atoms with van der Waals surface area (Å²) in [5.74, 6) is 5.13. The van der Waals surface area contributed by atoms with Crippen LogP contribution in [-0.4, -0.2) is 0 Å². The highest BCUT2D eigenvalue weighted by Crippen LogP contribution is 2.43. The fourth-order valence-corrected chi connectivity index (χ4v) is 7.27. The molecule has 0 bridgehead atoms. The Balaban J connectivity index is 1.14. The fraction of sp³-hybridized carbons (Fsp3) is 0.774. The Kier molecular flexibility index (Phi) is 9.13. The van der Waals surface area contributed by atoms with Gasteiger partial charge in [0.1, 0.15) is 0 Å². The number of rotatable bonds is 8. The van der Waals surface area contributed by atoms with Crippen molar-refractivity contribution in [2.24, 2.45) is 29.6 Å². The summed E-state index contributed by atoms with van der Waals surface area (Å²) in [4.78, 5) is 0. The van der Waals surface area contributed by atoms with E-state index in [4.69, 9.17) is 5.26 Å². The molecule has 3 aliphatic carbocycles. The lowest BCUT2D eigenvalue weighted by molar-refractivity contribution is 0.140. The van der Waals surface area contributed by atoms with Crippen LogP contribution in [0.4, 0.5) is 0 Å². The number of benzene rings is 1. The van der Waals surface area contributed by atoms with E-state index in [1.54, 1.807) is 0 Å². The number of hydrogen-bond acceptors (Lipinski definition) is 1. The van der Waals surface area contributed by atoms with Crippen LogP contribution in [0.15, 0.2) is 24.3 Å². The Morgan fingerprint density at radius 2 is 1.28 bits per heavy atom. The average molecular weight is 434 g/mol. The first-order valence-electron chi connectivity index (χ1n) is 14.2. The molecule has 1 aromatic rings. The second-order valence-electron chi connectivity index (χ2n) is 11.7.